The minimum absolute atomic E-state index is 0.0846. The van der Waals surface area contributed by atoms with E-state index >= 15 is 0 Å². The van der Waals surface area contributed by atoms with Crippen LogP contribution in [0.2, 0.25) is 0 Å². The zero-order valence-electron chi connectivity index (χ0n) is 15.1. The van der Waals surface area contributed by atoms with Crippen molar-refractivity contribution in [2.24, 2.45) is 0 Å². The molecule has 1 atom stereocenters. The molecule has 136 valence electrons. The molecule has 7 nitrogen and oxygen atoms in total. The second-order valence-corrected chi connectivity index (χ2v) is 6.36. The Morgan fingerprint density at radius 2 is 1.85 bits per heavy atom. The maximum Gasteiger partial charge on any atom is 0.257 e. The molecule has 2 heterocycles. The standard InChI is InChI=1S/C19H23N5O2/c1-14-21-10-16(11-22-14)19(26)24-9-8-23(17(13-24)18(25)20-2)12-15-6-4-3-5-7-15/h3-7,10-11,17H,8-9,12-13H2,1-2H3,(H,20,25). The van der Waals surface area contributed by atoms with E-state index in [-0.39, 0.29) is 17.9 Å². The van der Waals surface area contributed by atoms with Gasteiger partial charge in [-0.2, -0.15) is 0 Å². The summed E-state index contributed by atoms with van der Waals surface area (Å²) in [5, 5.41) is 2.71. The van der Waals surface area contributed by atoms with Gasteiger partial charge < -0.3 is 10.2 Å². The summed E-state index contributed by atoms with van der Waals surface area (Å²) in [6.45, 7) is 3.99. The molecule has 1 aromatic heterocycles. The zero-order valence-corrected chi connectivity index (χ0v) is 15.1. The van der Waals surface area contributed by atoms with Gasteiger partial charge in [-0.05, 0) is 12.5 Å². The number of carbonyl (C=O) groups excluding carboxylic acids is 2. The van der Waals surface area contributed by atoms with Gasteiger partial charge >= 0.3 is 0 Å². The molecular formula is C19H23N5O2. The number of carbonyl (C=O) groups is 2. The summed E-state index contributed by atoms with van der Waals surface area (Å²) in [7, 11) is 1.62. The highest BCUT2D eigenvalue weighted by Gasteiger charge is 2.34. The largest absolute Gasteiger partial charge is 0.358 e. The second-order valence-electron chi connectivity index (χ2n) is 6.36. The van der Waals surface area contributed by atoms with Crippen molar-refractivity contribution in [2.75, 3.05) is 26.7 Å². The van der Waals surface area contributed by atoms with E-state index in [1.807, 2.05) is 30.3 Å². The summed E-state index contributed by atoms with van der Waals surface area (Å²) >= 11 is 0. The molecule has 0 radical (unpaired) electrons. The fourth-order valence-electron chi connectivity index (χ4n) is 3.11. The fourth-order valence-corrected chi connectivity index (χ4v) is 3.11. The van der Waals surface area contributed by atoms with E-state index in [9.17, 15) is 9.59 Å². The Morgan fingerprint density at radius 3 is 2.50 bits per heavy atom. The first kappa shape index (κ1) is 18.0. The number of hydrogen-bond acceptors (Lipinski definition) is 5. The van der Waals surface area contributed by atoms with Gasteiger partial charge in [-0.15, -0.1) is 0 Å². The van der Waals surface area contributed by atoms with Crippen molar-refractivity contribution in [3.05, 3.63) is 59.7 Å². The molecule has 7 heteroatoms. The van der Waals surface area contributed by atoms with Gasteiger partial charge in [-0.3, -0.25) is 14.5 Å². The minimum atomic E-state index is -0.385. The van der Waals surface area contributed by atoms with Crippen LogP contribution in [0.3, 0.4) is 0 Å². The first-order valence-corrected chi connectivity index (χ1v) is 8.66. The minimum Gasteiger partial charge on any atom is -0.358 e. The molecule has 2 amide bonds. The first-order valence-electron chi connectivity index (χ1n) is 8.66. The van der Waals surface area contributed by atoms with Gasteiger partial charge in [0.1, 0.15) is 11.9 Å². The molecule has 0 bridgehead atoms. The average molecular weight is 353 g/mol. The molecule has 0 saturated carbocycles. The zero-order chi connectivity index (χ0) is 18.5. The Kier molecular flexibility index (Phi) is 5.58. The van der Waals surface area contributed by atoms with Crippen molar-refractivity contribution in [1.29, 1.82) is 0 Å². The summed E-state index contributed by atoms with van der Waals surface area (Å²) in [5.41, 5.74) is 1.59. The van der Waals surface area contributed by atoms with Crippen LogP contribution in [0.4, 0.5) is 0 Å². The molecule has 3 rings (SSSR count). The molecule has 0 aliphatic carbocycles. The van der Waals surface area contributed by atoms with E-state index in [4.69, 9.17) is 0 Å². The Balaban J connectivity index is 1.74. The van der Waals surface area contributed by atoms with Crippen molar-refractivity contribution >= 4 is 11.8 Å². The molecule has 1 saturated heterocycles. The predicted octanol–water partition coefficient (Wildman–Crippen LogP) is 0.858. The van der Waals surface area contributed by atoms with Gasteiger partial charge in [0.05, 0.1) is 5.56 Å². The molecule has 1 fully saturated rings. The predicted molar refractivity (Wildman–Crippen MR) is 97.4 cm³/mol. The normalized spacial score (nSPS) is 17.8. The number of rotatable bonds is 4. The van der Waals surface area contributed by atoms with Crippen LogP contribution in [-0.4, -0.2) is 64.3 Å². The molecule has 1 N–H and O–H groups in total. The van der Waals surface area contributed by atoms with E-state index < -0.39 is 0 Å². The highest BCUT2D eigenvalue weighted by Crippen LogP contribution is 2.16. The fraction of sp³-hybridized carbons (Fsp3) is 0.368. The topological polar surface area (TPSA) is 78.4 Å². The van der Waals surface area contributed by atoms with Gasteiger partial charge in [-0.1, -0.05) is 30.3 Å². The Bertz CT molecular complexity index is 763. The molecular weight excluding hydrogens is 330 g/mol. The molecule has 0 spiro atoms. The molecule has 1 unspecified atom stereocenters. The highest BCUT2D eigenvalue weighted by molar-refractivity contribution is 5.94. The van der Waals surface area contributed by atoms with Crippen LogP contribution >= 0.6 is 0 Å². The molecule has 26 heavy (non-hydrogen) atoms. The maximum atomic E-state index is 12.7. The van der Waals surface area contributed by atoms with Crippen LogP contribution in [-0.2, 0) is 11.3 Å². The number of amides is 2. The van der Waals surface area contributed by atoms with Crippen molar-refractivity contribution in [2.45, 2.75) is 19.5 Å². The van der Waals surface area contributed by atoms with Crippen molar-refractivity contribution < 1.29 is 9.59 Å². The number of aromatic nitrogens is 2. The van der Waals surface area contributed by atoms with Crippen LogP contribution in [0.25, 0.3) is 0 Å². The Morgan fingerprint density at radius 1 is 1.15 bits per heavy atom. The summed E-state index contributed by atoms with van der Waals surface area (Å²) < 4.78 is 0. The molecule has 1 aliphatic rings. The number of likely N-dealkylation sites (N-methyl/N-ethyl adjacent to an activating group) is 1. The van der Waals surface area contributed by atoms with Gasteiger partial charge in [0.25, 0.3) is 5.91 Å². The third-order valence-corrected chi connectivity index (χ3v) is 4.58. The second kappa shape index (κ2) is 8.05. The van der Waals surface area contributed by atoms with E-state index in [0.717, 1.165) is 5.56 Å². The maximum absolute atomic E-state index is 12.7. The van der Waals surface area contributed by atoms with Crippen LogP contribution in [0.15, 0.2) is 42.7 Å². The van der Waals surface area contributed by atoms with E-state index in [2.05, 4.69) is 20.2 Å². The van der Waals surface area contributed by atoms with Gasteiger partial charge in [-0.25, -0.2) is 9.97 Å². The third kappa shape index (κ3) is 4.05. The van der Waals surface area contributed by atoms with Gasteiger partial charge in [0.15, 0.2) is 0 Å². The van der Waals surface area contributed by atoms with E-state index in [0.29, 0.717) is 37.6 Å². The SMILES string of the molecule is CNC(=O)C1CN(C(=O)c2cnc(C)nc2)CCN1Cc1ccccc1. The molecule has 2 aromatic rings. The van der Waals surface area contributed by atoms with Crippen LogP contribution < -0.4 is 5.32 Å². The number of piperazine rings is 1. The van der Waals surface area contributed by atoms with Crippen LogP contribution in [0.5, 0.6) is 0 Å². The molecule has 1 aromatic carbocycles. The lowest BCUT2D eigenvalue weighted by Gasteiger charge is -2.40. The lowest BCUT2D eigenvalue weighted by molar-refractivity contribution is -0.128. The smallest absolute Gasteiger partial charge is 0.257 e. The van der Waals surface area contributed by atoms with E-state index in [1.54, 1.807) is 18.9 Å². The summed E-state index contributed by atoms with van der Waals surface area (Å²) in [6, 6.07) is 9.65. The van der Waals surface area contributed by atoms with Crippen LogP contribution in [0.1, 0.15) is 21.7 Å². The van der Waals surface area contributed by atoms with Crippen LogP contribution in [0, 0.1) is 6.92 Å². The Labute approximate surface area is 153 Å². The lowest BCUT2D eigenvalue weighted by atomic mass is 10.1. The number of hydrogen-bond donors (Lipinski definition) is 1. The first-order chi connectivity index (χ1) is 12.6. The number of aryl methyl sites for hydroxylation is 1. The Hall–Kier alpha value is -2.80. The average Bonchev–Trinajstić information content (AvgIpc) is 2.68. The van der Waals surface area contributed by atoms with Crippen molar-refractivity contribution in [3.8, 4) is 0 Å². The molecule has 1 aliphatic heterocycles. The number of nitrogens with zero attached hydrogens (tertiary/aromatic N) is 4. The van der Waals surface area contributed by atoms with E-state index in [1.165, 1.54) is 12.4 Å². The van der Waals surface area contributed by atoms with Gasteiger partial charge in [0.2, 0.25) is 5.91 Å². The summed E-state index contributed by atoms with van der Waals surface area (Å²) in [4.78, 5) is 37.1. The number of benzene rings is 1. The third-order valence-electron chi connectivity index (χ3n) is 4.58. The van der Waals surface area contributed by atoms with Gasteiger partial charge in [0, 0.05) is 45.6 Å². The highest BCUT2D eigenvalue weighted by atomic mass is 16.2. The van der Waals surface area contributed by atoms with Crippen molar-refractivity contribution in [1.82, 2.24) is 25.1 Å². The number of nitrogens with one attached hydrogen (secondary N) is 1. The monoisotopic (exact) mass is 353 g/mol. The summed E-state index contributed by atoms with van der Waals surface area (Å²) in [6.07, 6.45) is 3.08. The lowest BCUT2D eigenvalue weighted by Crippen LogP contribution is -2.59. The van der Waals surface area contributed by atoms with Crippen molar-refractivity contribution in [3.63, 3.8) is 0 Å². The summed E-state index contributed by atoms with van der Waals surface area (Å²) in [5.74, 6) is 0.398. The quantitative estimate of drug-likeness (QED) is 0.882.